The van der Waals surface area contributed by atoms with Crippen LogP contribution in [0.15, 0.2) is 30.3 Å². The summed E-state index contributed by atoms with van der Waals surface area (Å²) in [6.45, 7) is 6.37. The highest BCUT2D eigenvalue weighted by Gasteiger charge is 2.16. The molecule has 0 unspecified atom stereocenters. The van der Waals surface area contributed by atoms with Crippen LogP contribution in [0.3, 0.4) is 0 Å². The number of nitrogens with one attached hydrogen (secondary N) is 1. The maximum absolute atomic E-state index is 4.78. The molecule has 0 spiro atoms. The first-order valence-electron chi connectivity index (χ1n) is 8.81. The van der Waals surface area contributed by atoms with Crippen molar-refractivity contribution in [2.24, 2.45) is 7.05 Å². The predicted molar refractivity (Wildman–Crippen MR) is 104 cm³/mol. The topological polar surface area (TPSA) is 55.6 Å². The van der Waals surface area contributed by atoms with E-state index >= 15 is 0 Å². The molecule has 0 saturated heterocycles. The van der Waals surface area contributed by atoms with Crippen LogP contribution >= 0.6 is 0 Å². The van der Waals surface area contributed by atoms with E-state index in [2.05, 4.69) is 43.3 Å². The number of rotatable bonds is 6. The summed E-state index contributed by atoms with van der Waals surface area (Å²) in [4.78, 5) is 9.50. The molecule has 2 aromatic heterocycles. The Morgan fingerprint density at radius 2 is 1.88 bits per heavy atom. The highest BCUT2D eigenvalue weighted by Crippen LogP contribution is 2.25. The van der Waals surface area contributed by atoms with Crippen LogP contribution in [-0.4, -0.2) is 25.8 Å². The van der Waals surface area contributed by atoms with Crippen LogP contribution < -0.4 is 5.32 Å². The Labute approximate surface area is 148 Å². The van der Waals surface area contributed by atoms with Crippen LogP contribution in [0.2, 0.25) is 0 Å². The Kier molecular flexibility index (Phi) is 5.12. The number of hydrogen-bond donors (Lipinski definition) is 1. The quantitative estimate of drug-likeness (QED) is 0.729. The van der Waals surface area contributed by atoms with Crippen molar-refractivity contribution in [3.63, 3.8) is 0 Å². The van der Waals surface area contributed by atoms with E-state index in [-0.39, 0.29) is 6.04 Å². The minimum atomic E-state index is 0.286. The predicted octanol–water partition coefficient (Wildman–Crippen LogP) is 4.31. The molecule has 3 rings (SSSR count). The van der Waals surface area contributed by atoms with Crippen LogP contribution in [0.1, 0.15) is 44.3 Å². The minimum absolute atomic E-state index is 0.286. The van der Waals surface area contributed by atoms with Gasteiger partial charge in [-0.15, -0.1) is 0 Å². The lowest BCUT2D eigenvalue weighted by Gasteiger charge is -2.11. The van der Waals surface area contributed by atoms with Gasteiger partial charge in [-0.3, -0.25) is 4.68 Å². The summed E-state index contributed by atoms with van der Waals surface area (Å²) in [5.74, 6) is 1.54. The number of aromatic nitrogens is 4. The van der Waals surface area contributed by atoms with Crippen molar-refractivity contribution in [1.82, 2.24) is 19.7 Å². The molecule has 0 aliphatic heterocycles. The van der Waals surface area contributed by atoms with Crippen molar-refractivity contribution in [1.29, 1.82) is 0 Å². The number of anilines is 1. The van der Waals surface area contributed by atoms with Gasteiger partial charge in [0.05, 0.1) is 5.69 Å². The second-order valence-corrected chi connectivity index (χ2v) is 6.49. The van der Waals surface area contributed by atoms with E-state index in [4.69, 9.17) is 9.97 Å². The van der Waals surface area contributed by atoms with Gasteiger partial charge in [0.2, 0.25) is 0 Å². The van der Waals surface area contributed by atoms with Crippen LogP contribution in [0.25, 0.3) is 23.2 Å². The SMILES string of the molecule is CCCc1nn(C)c2c(NC(C)C)nc(/C=C/c3ccccc3)nc12. The molecule has 0 fully saturated rings. The molecule has 1 aromatic carbocycles. The largest absolute Gasteiger partial charge is 0.366 e. The van der Waals surface area contributed by atoms with Gasteiger partial charge in [-0.25, -0.2) is 9.97 Å². The van der Waals surface area contributed by atoms with E-state index in [0.29, 0.717) is 5.82 Å². The number of aryl methyl sites for hydroxylation is 2. The second-order valence-electron chi connectivity index (χ2n) is 6.49. The number of hydrogen-bond acceptors (Lipinski definition) is 4. The average Bonchev–Trinajstić information content (AvgIpc) is 2.90. The number of benzene rings is 1. The van der Waals surface area contributed by atoms with E-state index in [1.54, 1.807) is 0 Å². The first-order valence-corrected chi connectivity index (χ1v) is 8.81. The molecule has 3 aromatic rings. The summed E-state index contributed by atoms with van der Waals surface area (Å²) in [5, 5.41) is 8.09. The molecular weight excluding hydrogens is 310 g/mol. The maximum Gasteiger partial charge on any atom is 0.156 e. The fourth-order valence-corrected chi connectivity index (χ4v) is 2.85. The summed E-state index contributed by atoms with van der Waals surface area (Å²) >= 11 is 0. The van der Waals surface area contributed by atoms with Crippen LogP contribution in [0.4, 0.5) is 5.82 Å². The third kappa shape index (κ3) is 3.87. The summed E-state index contributed by atoms with van der Waals surface area (Å²) in [6.07, 6.45) is 5.95. The van der Waals surface area contributed by atoms with Gasteiger partial charge in [0, 0.05) is 13.1 Å². The van der Waals surface area contributed by atoms with E-state index < -0.39 is 0 Å². The summed E-state index contributed by atoms with van der Waals surface area (Å²) in [7, 11) is 1.95. The van der Waals surface area contributed by atoms with E-state index in [9.17, 15) is 0 Å². The standard InChI is InChI=1S/C20H25N5/c1-5-9-16-18-19(25(4)24-16)20(21-14(2)3)23-17(22-18)13-12-15-10-7-6-8-11-15/h6-8,10-14H,5,9H2,1-4H3,(H,21,22,23)/b13-12+. The van der Waals surface area contributed by atoms with Gasteiger partial charge in [-0.2, -0.15) is 5.10 Å². The van der Waals surface area contributed by atoms with Crippen molar-refractivity contribution in [3.05, 3.63) is 47.4 Å². The monoisotopic (exact) mass is 335 g/mol. The highest BCUT2D eigenvalue weighted by molar-refractivity contribution is 5.89. The zero-order valence-corrected chi connectivity index (χ0v) is 15.3. The lowest BCUT2D eigenvalue weighted by atomic mass is 10.2. The Bertz CT molecular complexity index is 878. The van der Waals surface area contributed by atoms with Gasteiger partial charge in [-0.1, -0.05) is 49.8 Å². The first-order chi connectivity index (χ1) is 12.1. The third-order valence-corrected chi connectivity index (χ3v) is 3.91. The van der Waals surface area contributed by atoms with Gasteiger partial charge in [0.25, 0.3) is 0 Å². The fraction of sp³-hybridized carbons (Fsp3) is 0.350. The molecule has 0 bridgehead atoms. The van der Waals surface area contributed by atoms with Crippen LogP contribution in [0.5, 0.6) is 0 Å². The maximum atomic E-state index is 4.78. The van der Waals surface area contributed by atoms with E-state index in [0.717, 1.165) is 41.0 Å². The molecule has 130 valence electrons. The van der Waals surface area contributed by atoms with Crippen molar-refractivity contribution >= 4 is 29.0 Å². The Morgan fingerprint density at radius 3 is 2.56 bits per heavy atom. The minimum Gasteiger partial charge on any atom is -0.366 e. The smallest absolute Gasteiger partial charge is 0.156 e. The normalized spacial score (nSPS) is 11.7. The van der Waals surface area contributed by atoms with Crippen molar-refractivity contribution in [2.75, 3.05) is 5.32 Å². The molecule has 0 atom stereocenters. The van der Waals surface area contributed by atoms with Crippen molar-refractivity contribution in [3.8, 4) is 0 Å². The Morgan fingerprint density at radius 1 is 1.12 bits per heavy atom. The molecular formula is C20H25N5. The van der Waals surface area contributed by atoms with Crippen LogP contribution in [0, 0.1) is 0 Å². The Hall–Kier alpha value is -2.69. The molecule has 1 N–H and O–H groups in total. The van der Waals surface area contributed by atoms with Gasteiger partial charge in [-0.05, 0) is 31.9 Å². The van der Waals surface area contributed by atoms with Gasteiger partial charge < -0.3 is 5.32 Å². The molecule has 0 saturated carbocycles. The van der Waals surface area contributed by atoms with E-state index in [1.165, 1.54) is 0 Å². The van der Waals surface area contributed by atoms with E-state index in [1.807, 2.05) is 42.1 Å². The van der Waals surface area contributed by atoms with Crippen molar-refractivity contribution < 1.29 is 0 Å². The zero-order valence-electron chi connectivity index (χ0n) is 15.3. The highest BCUT2D eigenvalue weighted by atomic mass is 15.3. The lowest BCUT2D eigenvalue weighted by Crippen LogP contribution is -2.13. The number of fused-ring (bicyclic) bond motifs is 1. The average molecular weight is 335 g/mol. The zero-order chi connectivity index (χ0) is 17.8. The van der Waals surface area contributed by atoms with Gasteiger partial charge in [0.1, 0.15) is 11.0 Å². The summed E-state index contributed by atoms with van der Waals surface area (Å²) in [5.41, 5.74) is 4.07. The van der Waals surface area contributed by atoms with Crippen LogP contribution in [-0.2, 0) is 13.5 Å². The molecule has 2 heterocycles. The Balaban J connectivity index is 2.09. The molecule has 0 radical (unpaired) electrons. The summed E-state index contributed by atoms with van der Waals surface area (Å²) < 4.78 is 1.88. The molecule has 0 aliphatic rings. The molecule has 0 amide bonds. The fourth-order valence-electron chi connectivity index (χ4n) is 2.85. The lowest BCUT2D eigenvalue weighted by molar-refractivity contribution is 0.751. The second kappa shape index (κ2) is 7.47. The molecule has 5 heteroatoms. The molecule has 0 aliphatic carbocycles. The van der Waals surface area contributed by atoms with Crippen molar-refractivity contribution in [2.45, 2.75) is 39.7 Å². The third-order valence-electron chi connectivity index (χ3n) is 3.91. The van der Waals surface area contributed by atoms with Gasteiger partial charge >= 0.3 is 0 Å². The first kappa shape index (κ1) is 17.1. The molecule has 5 nitrogen and oxygen atoms in total. The number of nitrogens with zero attached hydrogens (tertiary/aromatic N) is 4. The van der Waals surface area contributed by atoms with Gasteiger partial charge in [0.15, 0.2) is 11.6 Å². The summed E-state index contributed by atoms with van der Waals surface area (Å²) in [6, 6.07) is 10.5. The molecule has 25 heavy (non-hydrogen) atoms.